The lowest BCUT2D eigenvalue weighted by Crippen LogP contribution is -2.21. The molecule has 1 saturated carbocycles. The first-order valence-electron chi connectivity index (χ1n) is 6.50. The van der Waals surface area contributed by atoms with Gasteiger partial charge in [0, 0.05) is 12.5 Å². The number of carboxylic acid groups (broad SMARTS) is 1. The first-order valence-corrected chi connectivity index (χ1v) is 6.50. The molecule has 0 spiro atoms. The summed E-state index contributed by atoms with van der Waals surface area (Å²) in [6.07, 6.45) is 2.10. The number of hydrogen-bond acceptors (Lipinski definition) is 4. The van der Waals surface area contributed by atoms with Crippen LogP contribution in [-0.4, -0.2) is 21.8 Å². The van der Waals surface area contributed by atoms with Crippen LogP contribution in [0.4, 0.5) is 5.69 Å². The zero-order valence-electron chi connectivity index (χ0n) is 10.8. The number of carbonyl (C=O) groups is 2. The number of para-hydroxylation sites is 1. The van der Waals surface area contributed by atoms with Gasteiger partial charge in [0.15, 0.2) is 5.78 Å². The van der Waals surface area contributed by atoms with Gasteiger partial charge in [-0.15, -0.1) is 0 Å². The van der Waals surface area contributed by atoms with Crippen LogP contribution in [0.5, 0.6) is 0 Å². The van der Waals surface area contributed by atoms with Crippen LogP contribution in [0.2, 0.25) is 0 Å². The van der Waals surface area contributed by atoms with Crippen LogP contribution in [-0.2, 0) is 4.79 Å². The number of Topliss-reactive ketones (excluding diaryl/α,β-unsaturated/α-hetero) is 1. The minimum absolute atomic E-state index is 0.0574. The molecule has 1 aliphatic rings. The van der Waals surface area contributed by atoms with Crippen molar-refractivity contribution < 1.29 is 19.6 Å². The molecule has 6 heteroatoms. The van der Waals surface area contributed by atoms with Gasteiger partial charge in [-0.25, -0.2) is 0 Å². The fraction of sp³-hybridized carbons (Fsp3) is 0.429. The van der Waals surface area contributed by atoms with E-state index in [1.165, 1.54) is 18.2 Å². The van der Waals surface area contributed by atoms with Crippen molar-refractivity contribution in [1.29, 1.82) is 0 Å². The van der Waals surface area contributed by atoms with Crippen molar-refractivity contribution >= 4 is 17.4 Å². The highest BCUT2D eigenvalue weighted by Crippen LogP contribution is 2.35. The largest absolute Gasteiger partial charge is 0.481 e. The predicted molar refractivity (Wildman–Crippen MR) is 70.5 cm³/mol. The molecule has 2 rings (SSSR count). The Hall–Kier alpha value is -2.24. The molecule has 106 valence electrons. The molecule has 1 N–H and O–H groups in total. The van der Waals surface area contributed by atoms with Crippen LogP contribution >= 0.6 is 0 Å². The van der Waals surface area contributed by atoms with E-state index in [4.69, 9.17) is 5.11 Å². The quantitative estimate of drug-likeness (QED) is 0.507. The molecule has 1 fully saturated rings. The fourth-order valence-corrected chi connectivity index (χ4v) is 2.82. The minimum Gasteiger partial charge on any atom is -0.481 e. The first-order chi connectivity index (χ1) is 9.50. The molecule has 2 atom stereocenters. The molecule has 1 aromatic carbocycles. The van der Waals surface area contributed by atoms with Gasteiger partial charge in [-0.3, -0.25) is 19.7 Å². The van der Waals surface area contributed by atoms with E-state index in [0.717, 1.165) is 6.42 Å². The van der Waals surface area contributed by atoms with Gasteiger partial charge >= 0.3 is 5.97 Å². The van der Waals surface area contributed by atoms with Crippen LogP contribution in [0.3, 0.4) is 0 Å². The maximum absolute atomic E-state index is 12.2. The summed E-state index contributed by atoms with van der Waals surface area (Å²) in [5.74, 6) is -1.97. The van der Waals surface area contributed by atoms with Crippen LogP contribution in [0.15, 0.2) is 24.3 Å². The second kappa shape index (κ2) is 5.81. The Morgan fingerprint density at radius 2 is 2.00 bits per heavy atom. The smallest absolute Gasteiger partial charge is 0.306 e. The lowest BCUT2D eigenvalue weighted by atomic mass is 9.89. The fourth-order valence-electron chi connectivity index (χ4n) is 2.82. The van der Waals surface area contributed by atoms with Crippen molar-refractivity contribution in [2.75, 3.05) is 0 Å². The summed E-state index contributed by atoms with van der Waals surface area (Å²) < 4.78 is 0. The summed E-state index contributed by atoms with van der Waals surface area (Å²) in [5, 5.41) is 20.0. The Kier molecular flexibility index (Phi) is 4.12. The number of ketones is 1. The first kappa shape index (κ1) is 14.2. The van der Waals surface area contributed by atoms with Gasteiger partial charge in [0.25, 0.3) is 5.69 Å². The molecule has 0 unspecified atom stereocenters. The SMILES string of the molecule is O=C(C[C@H]1CCC[C@@H]1C(=O)O)c1ccccc1[N+](=O)[O-]. The molecule has 0 radical (unpaired) electrons. The monoisotopic (exact) mass is 277 g/mol. The molecule has 0 amide bonds. The van der Waals surface area contributed by atoms with E-state index in [9.17, 15) is 19.7 Å². The number of carboxylic acids is 1. The van der Waals surface area contributed by atoms with Crippen molar-refractivity contribution in [2.24, 2.45) is 11.8 Å². The third-order valence-corrected chi connectivity index (χ3v) is 3.83. The highest BCUT2D eigenvalue weighted by molar-refractivity contribution is 6.00. The lowest BCUT2D eigenvalue weighted by molar-refractivity contribution is -0.385. The van der Waals surface area contributed by atoms with E-state index in [1.54, 1.807) is 6.07 Å². The van der Waals surface area contributed by atoms with E-state index in [-0.39, 0.29) is 29.4 Å². The zero-order valence-corrected chi connectivity index (χ0v) is 10.8. The van der Waals surface area contributed by atoms with Gasteiger partial charge in [0.05, 0.1) is 16.4 Å². The Morgan fingerprint density at radius 1 is 1.30 bits per heavy atom. The Bertz CT molecular complexity index is 554. The Morgan fingerprint density at radius 3 is 2.65 bits per heavy atom. The van der Waals surface area contributed by atoms with E-state index in [0.29, 0.717) is 12.8 Å². The Balaban J connectivity index is 2.17. The molecular weight excluding hydrogens is 262 g/mol. The number of carbonyl (C=O) groups excluding carboxylic acids is 1. The van der Waals surface area contributed by atoms with Crippen LogP contribution < -0.4 is 0 Å². The topological polar surface area (TPSA) is 97.5 Å². The molecule has 1 aliphatic carbocycles. The van der Waals surface area contributed by atoms with Crippen molar-refractivity contribution in [2.45, 2.75) is 25.7 Å². The lowest BCUT2D eigenvalue weighted by Gasteiger charge is -2.14. The highest BCUT2D eigenvalue weighted by Gasteiger charge is 2.35. The van der Waals surface area contributed by atoms with Gasteiger partial charge in [-0.1, -0.05) is 18.6 Å². The average Bonchev–Trinajstić information content (AvgIpc) is 2.87. The molecule has 0 saturated heterocycles. The van der Waals surface area contributed by atoms with Crippen molar-refractivity contribution in [3.8, 4) is 0 Å². The molecule has 0 bridgehead atoms. The second-order valence-corrected chi connectivity index (χ2v) is 5.04. The number of rotatable bonds is 5. The van der Waals surface area contributed by atoms with Crippen LogP contribution in [0.1, 0.15) is 36.0 Å². The second-order valence-electron chi connectivity index (χ2n) is 5.04. The summed E-state index contributed by atoms with van der Waals surface area (Å²) in [4.78, 5) is 33.6. The molecule has 20 heavy (non-hydrogen) atoms. The van der Waals surface area contributed by atoms with Gasteiger partial charge in [0.1, 0.15) is 0 Å². The van der Waals surface area contributed by atoms with Crippen molar-refractivity contribution in [3.05, 3.63) is 39.9 Å². The number of aliphatic carboxylic acids is 1. The van der Waals surface area contributed by atoms with Crippen LogP contribution in [0.25, 0.3) is 0 Å². The normalized spacial score (nSPS) is 21.6. The maximum atomic E-state index is 12.2. The van der Waals surface area contributed by atoms with Gasteiger partial charge in [-0.05, 0) is 24.8 Å². The molecular formula is C14H15NO5. The summed E-state index contributed by atoms with van der Waals surface area (Å²) in [5.41, 5.74) is -0.157. The number of nitro benzene ring substituents is 1. The third kappa shape index (κ3) is 2.84. The number of nitro groups is 1. The molecule has 0 aromatic heterocycles. The van der Waals surface area contributed by atoms with E-state index in [2.05, 4.69) is 0 Å². The zero-order chi connectivity index (χ0) is 14.7. The summed E-state index contributed by atoms with van der Waals surface area (Å²) in [6, 6.07) is 5.79. The third-order valence-electron chi connectivity index (χ3n) is 3.83. The predicted octanol–water partition coefficient (Wildman–Crippen LogP) is 2.67. The Labute approximate surface area is 115 Å². The van der Waals surface area contributed by atoms with Crippen molar-refractivity contribution in [3.63, 3.8) is 0 Å². The maximum Gasteiger partial charge on any atom is 0.306 e. The van der Waals surface area contributed by atoms with E-state index >= 15 is 0 Å². The number of nitrogens with zero attached hydrogens (tertiary/aromatic N) is 1. The number of hydrogen-bond donors (Lipinski definition) is 1. The van der Waals surface area contributed by atoms with Gasteiger partial charge in [0.2, 0.25) is 0 Å². The van der Waals surface area contributed by atoms with Gasteiger partial charge < -0.3 is 5.11 Å². The van der Waals surface area contributed by atoms with E-state index in [1.807, 2.05) is 0 Å². The standard InChI is InChI=1S/C14H15NO5/c16-13(8-9-4-3-6-10(9)14(17)18)11-5-1-2-7-12(11)15(19)20/h1-2,5,7,9-10H,3-4,6,8H2,(H,17,18)/t9-,10+/m1/s1. The van der Waals surface area contributed by atoms with Gasteiger partial charge in [-0.2, -0.15) is 0 Å². The summed E-state index contributed by atoms with van der Waals surface area (Å²) in [7, 11) is 0. The summed E-state index contributed by atoms with van der Waals surface area (Å²) in [6.45, 7) is 0. The minimum atomic E-state index is -0.886. The highest BCUT2D eigenvalue weighted by atomic mass is 16.6. The molecule has 1 aromatic rings. The van der Waals surface area contributed by atoms with Crippen LogP contribution in [0, 0.1) is 22.0 Å². The molecule has 0 aliphatic heterocycles. The van der Waals surface area contributed by atoms with Crippen molar-refractivity contribution in [1.82, 2.24) is 0 Å². The van der Waals surface area contributed by atoms with E-state index < -0.39 is 16.8 Å². The summed E-state index contributed by atoms with van der Waals surface area (Å²) >= 11 is 0. The number of benzene rings is 1. The average molecular weight is 277 g/mol. The molecule has 6 nitrogen and oxygen atoms in total. The molecule has 0 heterocycles.